The maximum atomic E-state index is 10.1. The number of benzene rings is 1. The molecule has 0 amide bonds. The number of hydrogen-bond acceptors (Lipinski definition) is 4. The van der Waals surface area contributed by atoms with E-state index in [1.165, 1.54) is 16.5 Å². The first-order chi connectivity index (χ1) is 9.61. The van der Waals surface area contributed by atoms with Crippen LogP contribution in [0.5, 0.6) is 0 Å². The van der Waals surface area contributed by atoms with E-state index in [0.29, 0.717) is 13.0 Å². The van der Waals surface area contributed by atoms with Gasteiger partial charge in [0.25, 0.3) is 0 Å². The first kappa shape index (κ1) is 13.5. The van der Waals surface area contributed by atoms with Crippen molar-refractivity contribution in [2.75, 3.05) is 19.7 Å². The molecule has 4 heteroatoms. The van der Waals surface area contributed by atoms with Crippen LogP contribution in [0.2, 0.25) is 0 Å². The summed E-state index contributed by atoms with van der Waals surface area (Å²) in [6.45, 7) is 4.02. The molecule has 2 aromatic rings. The maximum absolute atomic E-state index is 10.1. The number of fused-ring (bicyclic) bond motifs is 1. The van der Waals surface area contributed by atoms with E-state index >= 15 is 0 Å². The Morgan fingerprint density at radius 3 is 2.95 bits per heavy atom. The zero-order chi connectivity index (χ0) is 14.2. The third kappa shape index (κ3) is 2.42. The van der Waals surface area contributed by atoms with Crippen LogP contribution in [0.25, 0.3) is 10.9 Å². The molecule has 0 unspecified atom stereocenters. The third-order valence-electron chi connectivity index (χ3n) is 4.16. The molecule has 4 nitrogen and oxygen atoms in total. The van der Waals surface area contributed by atoms with Crippen molar-refractivity contribution >= 4 is 10.9 Å². The van der Waals surface area contributed by atoms with Gasteiger partial charge in [0.15, 0.2) is 0 Å². The van der Waals surface area contributed by atoms with Gasteiger partial charge in [-0.2, -0.15) is 0 Å². The molecule has 3 rings (SSSR count). The minimum atomic E-state index is -0.932. The molecule has 0 aliphatic carbocycles. The number of aliphatic hydroxyl groups is 2. The van der Waals surface area contributed by atoms with Gasteiger partial charge in [0, 0.05) is 31.2 Å². The standard InChI is InChI=1S/C16H20N2O2/c1-12-4-5-13(14-3-2-7-17-15(12)14)9-18-8-6-16(20,10-18)11-19/h2-5,7,19-20H,6,8-11H2,1H3/t16-/m0/s1. The van der Waals surface area contributed by atoms with Gasteiger partial charge < -0.3 is 10.2 Å². The Kier molecular flexibility index (Phi) is 3.46. The van der Waals surface area contributed by atoms with Crippen LogP contribution >= 0.6 is 0 Å². The quantitative estimate of drug-likeness (QED) is 0.888. The largest absolute Gasteiger partial charge is 0.393 e. The second kappa shape index (κ2) is 5.13. The molecule has 1 aliphatic rings. The fraction of sp³-hybridized carbons (Fsp3) is 0.438. The fourth-order valence-electron chi connectivity index (χ4n) is 2.96. The summed E-state index contributed by atoms with van der Waals surface area (Å²) in [5.74, 6) is 0. The number of β-amino-alcohol motifs (C(OH)–C–C–N with tert-alkyl or cyclic N) is 1. The van der Waals surface area contributed by atoms with Crippen LogP contribution in [0.15, 0.2) is 30.5 Å². The molecule has 20 heavy (non-hydrogen) atoms. The Hall–Kier alpha value is -1.49. The number of pyridine rings is 1. The molecule has 1 aromatic heterocycles. The zero-order valence-electron chi connectivity index (χ0n) is 11.7. The van der Waals surface area contributed by atoms with Crippen LogP contribution in [0.1, 0.15) is 17.5 Å². The predicted octanol–water partition coefficient (Wildman–Crippen LogP) is 1.47. The van der Waals surface area contributed by atoms with E-state index in [2.05, 4.69) is 35.0 Å². The topological polar surface area (TPSA) is 56.6 Å². The number of aryl methyl sites for hydroxylation is 1. The average Bonchev–Trinajstić information content (AvgIpc) is 2.85. The van der Waals surface area contributed by atoms with Gasteiger partial charge in [-0.3, -0.25) is 9.88 Å². The normalized spacial score (nSPS) is 23.6. The van der Waals surface area contributed by atoms with Crippen LogP contribution < -0.4 is 0 Å². The van der Waals surface area contributed by atoms with Crippen molar-refractivity contribution < 1.29 is 10.2 Å². The second-order valence-electron chi connectivity index (χ2n) is 5.78. The lowest BCUT2D eigenvalue weighted by Crippen LogP contribution is -2.36. The van der Waals surface area contributed by atoms with E-state index in [-0.39, 0.29) is 6.61 Å². The van der Waals surface area contributed by atoms with E-state index in [9.17, 15) is 10.2 Å². The van der Waals surface area contributed by atoms with E-state index in [1.54, 1.807) is 0 Å². The first-order valence-corrected chi connectivity index (χ1v) is 7.00. The number of hydrogen-bond donors (Lipinski definition) is 2. The Bertz CT molecular complexity index is 629. The monoisotopic (exact) mass is 272 g/mol. The lowest BCUT2D eigenvalue weighted by molar-refractivity contribution is -0.00577. The highest BCUT2D eigenvalue weighted by Gasteiger charge is 2.35. The Morgan fingerprint density at radius 2 is 2.20 bits per heavy atom. The number of likely N-dealkylation sites (tertiary alicyclic amines) is 1. The molecule has 0 saturated carbocycles. The summed E-state index contributed by atoms with van der Waals surface area (Å²) in [6, 6.07) is 8.28. The summed E-state index contributed by atoms with van der Waals surface area (Å²) in [5.41, 5.74) is 2.51. The van der Waals surface area contributed by atoms with Gasteiger partial charge in [0.1, 0.15) is 5.60 Å². The van der Waals surface area contributed by atoms with Gasteiger partial charge in [0.05, 0.1) is 12.1 Å². The zero-order valence-corrected chi connectivity index (χ0v) is 11.7. The first-order valence-electron chi connectivity index (χ1n) is 7.00. The summed E-state index contributed by atoms with van der Waals surface area (Å²) >= 11 is 0. The van der Waals surface area contributed by atoms with Crippen molar-refractivity contribution in [2.45, 2.75) is 25.5 Å². The average molecular weight is 272 g/mol. The summed E-state index contributed by atoms with van der Waals surface area (Å²) in [6.07, 6.45) is 2.45. The molecule has 1 aromatic carbocycles. The Balaban J connectivity index is 1.87. The molecule has 106 valence electrons. The van der Waals surface area contributed by atoms with E-state index in [0.717, 1.165) is 18.6 Å². The molecular weight excluding hydrogens is 252 g/mol. The predicted molar refractivity (Wildman–Crippen MR) is 78.4 cm³/mol. The molecule has 2 heterocycles. The molecule has 1 aliphatic heterocycles. The Morgan fingerprint density at radius 1 is 1.35 bits per heavy atom. The van der Waals surface area contributed by atoms with Crippen LogP contribution in [0.3, 0.4) is 0 Å². The van der Waals surface area contributed by atoms with Gasteiger partial charge in [-0.1, -0.05) is 18.2 Å². The van der Waals surface area contributed by atoms with Gasteiger partial charge in [-0.05, 0) is 30.5 Å². The smallest absolute Gasteiger partial charge is 0.102 e. The van der Waals surface area contributed by atoms with Crippen molar-refractivity contribution in [3.05, 3.63) is 41.6 Å². The van der Waals surface area contributed by atoms with Gasteiger partial charge in [-0.15, -0.1) is 0 Å². The van der Waals surface area contributed by atoms with Crippen LogP contribution in [0, 0.1) is 6.92 Å². The number of rotatable bonds is 3. The molecule has 0 bridgehead atoms. The molecule has 1 atom stereocenters. The molecular formula is C16H20N2O2. The highest BCUT2D eigenvalue weighted by atomic mass is 16.3. The minimum absolute atomic E-state index is 0.167. The van der Waals surface area contributed by atoms with Crippen LogP contribution in [0.4, 0.5) is 0 Å². The fourth-order valence-corrected chi connectivity index (χ4v) is 2.96. The van der Waals surface area contributed by atoms with Crippen molar-refractivity contribution in [3.63, 3.8) is 0 Å². The second-order valence-corrected chi connectivity index (χ2v) is 5.78. The van der Waals surface area contributed by atoms with Crippen molar-refractivity contribution in [2.24, 2.45) is 0 Å². The number of aromatic nitrogens is 1. The van der Waals surface area contributed by atoms with Crippen LogP contribution in [-0.4, -0.2) is 45.4 Å². The van der Waals surface area contributed by atoms with E-state index in [4.69, 9.17) is 0 Å². The summed E-state index contributed by atoms with van der Waals surface area (Å²) in [5, 5.41) is 20.5. The van der Waals surface area contributed by atoms with Crippen molar-refractivity contribution in [1.29, 1.82) is 0 Å². The van der Waals surface area contributed by atoms with Crippen molar-refractivity contribution in [1.82, 2.24) is 9.88 Å². The maximum Gasteiger partial charge on any atom is 0.102 e. The highest BCUT2D eigenvalue weighted by Crippen LogP contribution is 2.26. The van der Waals surface area contributed by atoms with Crippen molar-refractivity contribution in [3.8, 4) is 0 Å². The molecule has 1 saturated heterocycles. The molecule has 2 N–H and O–H groups in total. The Labute approximate surface area is 118 Å². The van der Waals surface area contributed by atoms with E-state index in [1.807, 2.05) is 12.3 Å². The molecule has 0 spiro atoms. The molecule has 1 fully saturated rings. The number of nitrogens with zero attached hydrogens (tertiary/aromatic N) is 2. The van der Waals surface area contributed by atoms with Gasteiger partial charge >= 0.3 is 0 Å². The lowest BCUT2D eigenvalue weighted by Gasteiger charge is -2.21. The minimum Gasteiger partial charge on any atom is -0.393 e. The lowest BCUT2D eigenvalue weighted by atomic mass is 10.0. The van der Waals surface area contributed by atoms with Gasteiger partial charge in [-0.25, -0.2) is 0 Å². The SMILES string of the molecule is Cc1ccc(CN2CC[C@@](O)(CO)C2)c2cccnc12. The molecule has 0 radical (unpaired) electrons. The summed E-state index contributed by atoms with van der Waals surface area (Å²) in [4.78, 5) is 6.64. The third-order valence-corrected chi connectivity index (χ3v) is 4.16. The highest BCUT2D eigenvalue weighted by molar-refractivity contribution is 5.84. The summed E-state index contributed by atoms with van der Waals surface area (Å²) in [7, 11) is 0. The van der Waals surface area contributed by atoms with E-state index < -0.39 is 5.60 Å². The number of aliphatic hydroxyl groups excluding tert-OH is 1. The summed E-state index contributed by atoms with van der Waals surface area (Å²) < 4.78 is 0. The van der Waals surface area contributed by atoms with Gasteiger partial charge in [0.2, 0.25) is 0 Å². The van der Waals surface area contributed by atoms with Crippen LogP contribution in [-0.2, 0) is 6.54 Å².